The van der Waals surface area contributed by atoms with Crippen molar-refractivity contribution in [2.75, 3.05) is 25.0 Å². The smallest absolute Gasteiger partial charge is 0.202 e. The molecule has 4 nitrogen and oxygen atoms in total. The molecular weight excluding hydrogens is 224 g/mol. The molecule has 0 aromatic carbocycles. The van der Waals surface area contributed by atoms with Crippen molar-refractivity contribution >= 4 is 5.95 Å². The first-order chi connectivity index (χ1) is 8.70. The Balaban J connectivity index is 1.94. The van der Waals surface area contributed by atoms with E-state index in [1.54, 1.807) is 0 Å². The predicted octanol–water partition coefficient (Wildman–Crippen LogP) is 2.44. The van der Waals surface area contributed by atoms with Crippen molar-refractivity contribution in [2.24, 2.45) is 5.92 Å². The molecule has 2 rings (SSSR count). The highest BCUT2D eigenvalue weighted by atomic mass is 15.2. The molecule has 1 aliphatic rings. The van der Waals surface area contributed by atoms with Gasteiger partial charge in [0.05, 0.1) is 0 Å². The molecule has 18 heavy (non-hydrogen) atoms. The third-order valence-corrected chi connectivity index (χ3v) is 3.70. The molecule has 0 radical (unpaired) electrons. The lowest BCUT2D eigenvalue weighted by molar-refractivity contribution is 0.245. The quantitative estimate of drug-likeness (QED) is 0.842. The molecule has 0 saturated carbocycles. The second kappa shape index (κ2) is 6.23. The van der Waals surface area contributed by atoms with Crippen LogP contribution in [0.1, 0.15) is 33.6 Å². The van der Waals surface area contributed by atoms with Crippen LogP contribution in [0, 0.1) is 5.92 Å². The lowest BCUT2D eigenvalue weighted by Crippen LogP contribution is -2.33. The summed E-state index contributed by atoms with van der Waals surface area (Å²) in [6.07, 6.45) is 6.64. The SMILES string of the molecule is CCN1CCCC1Cn1ccnc1NCC(C)C. The lowest BCUT2D eigenvalue weighted by atomic mass is 10.2. The number of aromatic nitrogens is 2. The van der Waals surface area contributed by atoms with Gasteiger partial charge in [0.15, 0.2) is 0 Å². The molecule has 0 bridgehead atoms. The summed E-state index contributed by atoms with van der Waals surface area (Å²) >= 11 is 0. The Bertz CT molecular complexity index is 358. The van der Waals surface area contributed by atoms with Crippen molar-refractivity contribution in [3.63, 3.8) is 0 Å². The van der Waals surface area contributed by atoms with Crippen LogP contribution < -0.4 is 5.32 Å². The average molecular weight is 250 g/mol. The molecule has 1 aromatic heterocycles. The van der Waals surface area contributed by atoms with Crippen LogP contribution in [0.2, 0.25) is 0 Å². The third-order valence-electron chi connectivity index (χ3n) is 3.70. The molecule has 1 aromatic rings. The van der Waals surface area contributed by atoms with E-state index in [2.05, 4.69) is 46.7 Å². The molecule has 1 saturated heterocycles. The number of likely N-dealkylation sites (N-methyl/N-ethyl adjacent to an activating group) is 1. The van der Waals surface area contributed by atoms with Crippen LogP contribution in [0.15, 0.2) is 12.4 Å². The number of hydrogen-bond acceptors (Lipinski definition) is 3. The number of nitrogens with zero attached hydrogens (tertiary/aromatic N) is 3. The van der Waals surface area contributed by atoms with E-state index < -0.39 is 0 Å². The zero-order chi connectivity index (χ0) is 13.0. The van der Waals surface area contributed by atoms with E-state index in [0.29, 0.717) is 12.0 Å². The van der Waals surface area contributed by atoms with Crippen LogP contribution in [0.25, 0.3) is 0 Å². The maximum atomic E-state index is 4.41. The molecule has 1 aliphatic heterocycles. The highest BCUT2D eigenvalue weighted by molar-refractivity contribution is 5.25. The van der Waals surface area contributed by atoms with Gasteiger partial charge in [0.1, 0.15) is 0 Å². The monoisotopic (exact) mass is 250 g/mol. The fourth-order valence-corrected chi connectivity index (χ4v) is 2.66. The Labute approximate surface area is 110 Å². The van der Waals surface area contributed by atoms with Gasteiger partial charge in [-0.25, -0.2) is 4.98 Å². The Hall–Kier alpha value is -1.03. The summed E-state index contributed by atoms with van der Waals surface area (Å²) in [6, 6.07) is 0.684. The topological polar surface area (TPSA) is 33.1 Å². The largest absolute Gasteiger partial charge is 0.355 e. The highest BCUT2D eigenvalue weighted by Gasteiger charge is 2.23. The number of imidazole rings is 1. The van der Waals surface area contributed by atoms with Crippen molar-refractivity contribution in [1.29, 1.82) is 0 Å². The van der Waals surface area contributed by atoms with Crippen LogP contribution in [0.3, 0.4) is 0 Å². The van der Waals surface area contributed by atoms with E-state index >= 15 is 0 Å². The second-order valence-corrected chi connectivity index (χ2v) is 5.60. The first-order valence-electron chi connectivity index (χ1n) is 7.19. The van der Waals surface area contributed by atoms with Gasteiger partial charge in [0, 0.05) is 31.5 Å². The minimum Gasteiger partial charge on any atom is -0.355 e. The molecule has 1 N–H and O–H groups in total. The van der Waals surface area contributed by atoms with Gasteiger partial charge in [-0.15, -0.1) is 0 Å². The van der Waals surface area contributed by atoms with E-state index in [0.717, 1.165) is 25.6 Å². The summed E-state index contributed by atoms with van der Waals surface area (Å²) in [5, 5.41) is 3.43. The van der Waals surface area contributed by atoms with Gasteiger partial charge < -0.3 is 9.88 Å². The van der Waals surface area contributed by atoms with Crippen molar-refractivity contribution in [1.82, 2.24) is 14.5 Å². The van der Waals surface area contributed by atoms with Crippen LogP contribution in [0.4, 0.5) is 5.95 Å². The Morgan fingerprint density at radius 2 is 2.33 bits per heavy atom. The van der Waals surface area contributed by atoms with Crippen molar-refractivity contribution in [3.05, 3.63) is 12.4 Å². The van der Waals surface area contributed by atoms with Gasteiger partial charge >= 0.3 is 0 Å². The number of rotatable bonds is 6. The summed E-state index contributed by atoms with van der Waals surface area (Å²) in [7, 11) is 0. The van der Waals surface area contributed by atoms with E-state index in [4.69, 9.17) is 0 Å². The average Bonchev–Trinajstić information content (AvgIpc) is 2.96. The number of likely N-dealkylation sites (tertiary alicyclic amines) is 1. The van der Waals surface area contributed by atoms with Gasteiger partial charge in [0.2, 0.25) is 5.95 Å². The Kier molecular flexibility index (Phi) is 4.64. The molecule has 4 heteroatoms. The minimum absolute atomic E-state index is 0.647. The standard InChI is InChI=1S/C14H26N4/c1-4-17-8-5-6-13(17)11-18-9-7-15-14(18)16-10-12(2)3/h7,9,12-13H,4-6,8,10-11H2,1-3H3,(H,15,16). The second-order valence-electron chi connectivity index (χ2n) is 5.60. The van der Waals surface area contributed by atoms with Crippen molar-refractivity contribution in [2.45, 2.75) is 46.2 Å². The maximum Gasteiger partial charge on any atom is 0.202 e. The van der Waals surface area contributed by atoms with Crippen molar-refractivity contribution in [3.8, 4) is 0 Å². The molecule has 1 unspecified atom stereocenters. The van der Waals surface area contributed by atoms with Crippen LogP contribution in [0.5, 0.6) is 0 Å². The molecule has 1 atom stereocenters. The zero-order valence-electron chi connectivity index (χ0n) is 11.9. The van der Waals surface area contributed by atoms with Gasteiger partial charge in [-0.2, -0.15) is 0 Å². The van der Waals surface area contributed by atoms with Crippen LogP contribution >= 0.6 is 0 Å². The summed E-state index contributed by atoms with van der Waals surface area (Å²) in [5.41, 5.74) is 0. The normalized spacial score (nSPS) is 20.8. The summed E-state index contributed by atoms with van der Waals surface area (Å²) in [5.74, 6) is 1.67. The maximum absolute atomic E-state index is 4.41. The number of hydrogen-bond donors (Lipinski definition) is 1. The van der Waals surface area contributed by atoms with E-state index in [-0.39, 0.29) is 0 Å². The van der Waals surface area contributed by atoms with Gasteiger partial charge in [-0.1, -0.05) is 20.8 Å². The fourth-order valence-electron chi connectivity index (χ4n) is 2.66. The van der Waals surface area contributed by atoms with Crippen LogP contribution in [-0.4, -0.2) is 40.1 Å². The molecule has 0 amide bonds. The van der Waals surface area contributed by atoms with Gasteiger partial charge in [-0.3, -0.25) is 4.90 Å². The van der Waals surface area contributed by atoms with Gasteiger partial charge in [-0.05, 0) is 31.8 Å². The summed E-state index contributed by atoms with van der Waals surface area (Å²) < 4.78 is 2.26. The number of nitrogens with one attached hydrogen (secondary N) is 1. The molecule has 1 fully saturated rings. The van der Waals surface area contributed by atoms with Crippen molar-refractivity contribution < 1.29 is 0 Å². The third kappa shape index (κ3) is 3.25. The predicted molar refractivity (Wildman–Crippen MR) is 75.8 cm³/mol. The van der Waals surface area contributed by atoms with Gasteiger partial charge in [0.25, 0.3) is 0 Å². The van der Waals surface area contributed by atoms with E-state index in [1.807, 2.05) is 6.20 Å². The van der Waals surface area contributed by atoms with Crippen LogP contribution in [-0.2, 0) is 6.54 Å². The zero-order valence-corrected chi connectivity index (χ0v) is 11.9. The minimum atomic E-state index is 0.647. The summed E-state index contributed by atoms with van der Waals surface area (Å²) in [4.78, 5) is 6.99. The lowest BCUT2D eigenvalue weighted by Gasteiger charge is -2.24. The van der Waals surface area contributed by atoms with E-state index in [9.17, 15) is 0 Å². The fraction of sp³-hybridized carbons (Fsp3) is 0.786. The number of anilines is 1. The molecule has 0 spiro atoms. The first-order valence-corrected chi connectivity index (χ1v) is 7.19. The summed E-state index contributed by atoms with van der Waals surface area (Å²) in [6.45, 7) is 11.2. The molecule has 0 aliphatic carbocycles. The Morgan fingerprint density at radius 1 is 1.50 bits per heavy atom. The van der Waals surface area contributed by atoms with E-state index in [1.165, 1.54) is 19.4 Å². The molecule has 2 heterocycles. The molecule has 102 valence electrons. The highest BCUT2D eigenvalue weighted by Crippen LogP contribution is 2.19. The molecular formula is C14H26N4. The Morgan fingerprint density at radius 3 is 3.06 bits per heavy atom. The first kappa shape index (κ1) is 13.4.